The van der Waals surface area contributed by atoms with Gasteiger partial charge in [-0.25, -0.2) is 0 Å². The smallest absolute Gasteiger partial charge is 0.367 e. The van der Waals surface area contributed by atoms with Crippen LogP contribution in [0.3, 0.4) is 0 Å². The zero-order valence-electron chi connectivity index (χ0n) is 20.7. The Morgan fingerprint density at radius 3 is 2.60 bits per heavy atom. The second kappa shape index (κ2) is 10.6. The second-order valence-electron chi connectivity index (χ2n) is 10.3. The number of halogens is 3. The van der Waals surface area contributed by atoms with Crippen molar-refractivity contribution in [2.75, 3.05) is 11.4 Å². The Hall–Kier alpha value is -2.56. The van der Waals surface area contributed by atoms with Crippen LogP contribution < -0.4 is 4.90 Å². The summed E-state index contributed by atoms with van der Waals surface area (Å²) in [7, 11) is 0. The molecule has 0 radical (unpaired) electrons. The van der Waals surface area contributed by atoms with E-state index in [1.165, 1.54) is 28.0 Å². The number of unbranched alkanes of at least 4 members (excludes halogenated alkanes) is 2. The van der Waals surface area contributed by atoms with Gasteiger partial charge in [-0.15, -0.1) is 0 Å². The number of alkyl halides is 3. The Morgan fingerprint density at radius 2 is 1.86 bits per heavy atom. The molecule has 0 amide bonds. The van der Waals surface area contributed by atoms with E-state index in [1.54, 1.807) is 0 Å². The van der Waals surface area contributed by atoms with Crippen LogP contribution in [0.2, 0.25) is 0 Å². The van der Waals surface area contributed by atoms with Gasteiger partial charge in [0.25, 0.3) is 0 Å². The summed E-state index contributed by atoms with van der Waals surface area (Å²) in [5, 5.41) is 0. The number of ketones is 1. The molecule has 1 fully saturated rings. The lowest BCUT2D eigenvalue weighted by atomic mass is 9.62. The van der Waals surface area contributed by atoms with Gasteiger partial charge in [0.1, 0.15) is 0 Å². The van der Waals surface area contributed by atoms with Crippen LogP contribution in [0, 0.1) is 6.92 Å². The maximum Gasteiger partial charge on any atom is 0.449 e. The van der Waals surface area contributed by atoms with Crippen LogP contribution in [0.5, 0.6) is 0 Å². The van der Waals surface area contributed by atoms with Gasteiger partial charge in [0.05, 0.1) is 0 Å². The number of rotatable bonds is 10. The first-order chi connectivity index (χ1) is 16.7. The average Bonchev–Trinajstić information content (AvgIpc) is 3.09. The quantitative estimate of drug-likeness (QED) is 0.253. The minimum Gasteiger partial charge on any atom is -0.367 e. The first-order valence-electron chi connectivity index (χ1n) is 12.9. The summed E-state index contributed by atoms with van der Waals surface area (Å²) < 4.78 is 37.7. The maximum atomic E-state index is 12.6. The first kappa shape index (κ1) is 25.5. The fourth-order valence-corrected chi connectivity index (χ4v) is 6.29. The highest BCUT2D eigenvalue weighted by Crippen LogP contribution is 2.57. The first-order valence-corrected chi connectivity index (χ1v) is 12.9. The third-order valence-corrected chi connectivity index (χ3v) is 7.97. The SMILES string of the molecule is C=C1CCC[C@@H]2N(CCCc3ccccc3)c3ccc(C)cc3C12CCCCCC(=O)C(F)(F)F. The number of fused-ring (bicyclic) bond motifs is 3. The molecule has 2 aromatic carbocycles. The fraction of sp³-hybridized carbons (Fsp3) is 0.500. The molecule has 0 bridgehead atoms. The molecule has 188 valence electrons. The third kappa shape index (κ3) is 5.34. The van der Waals surface area contributed by atoms with Crippen LogP contribution in [0.4, 0.5) is 18.9 Å². The minimum absolute atomic E-state index is 0.152. The number of carbonyl (C=O) groups is 1. The summed E-state index contributed by atoms with van der Waals surface area (Å²) in [5.74, 6) is -1.61. The van der Waals surface area contributed by atoms with Crippen LogP contribution in [0.1, 0.15) is 74.5 Å². The predicted octanol–water partition coefficient (Wildman–Crippen LogP) is 7.88. The third-order valence-electron chi connectivity index (χ3n) is 7.97. The Bertz CT molecular complexity index is 1050. The average molecular weight is 484 g/mol. The molecule has 1 aliphatic carbocycles. The standard InChI is InChI=1S/C30H36F3NO/c1-22-17-18-26-25(21-22)29(19-8-4-7-16-28(35)30(31,32)33)23(2)11-9-15-27(29)34(26)20-10-14-24-12-5-3-6-13-24/h3,5-6,12-13,17-18,21,27H,2,4,7-11,14-16,19-20H2,1H3/t27-,29?/m0/s1. The van der Waals surface area contributed by atoms with Gasteiger partial charge in [-0.05, 0) is 69.1 Å². The molecular weight excluding hydrogens is 447 g/mol. The molecule has 0 saturated heterocycles. The second-order valence-corrected chi connectivity index (χ2v) is 10.3. The monoisotopic (exact) mass is 483 g/mol. The summed E-state index contributed by atoms with van der Waals surface area (Å²) >= 11 is 0. The van der Waals surface area contributed by atoms with Gasteiger partial charge in [0, 0.05) is 30.1 Å². The fourth-order valence-electron chi connectivity index (χ4n) is 6.29. The van der Waals surface area contributed by atoms with Crippen molar-refractivity contribution in [3.8, 4) is 0 Å². The van der Waals surface area contributed by atoms with Crippen molar-refractivity contribution in [1.82, 2.24) is 0 Å². The van der Waals surface area contributed by atoms with E-state index in [1.807, 2.05) is 6.07 Å². The number of anilines is 1. The summed E-state index contributed by atoms with van der Waals surface area (Å²) in [5.41, 5.74) is 6.32. The van der Waals surface area contributed by atoms with E-state index in [9.17, 15) is 18.0 Å². The molecule has 0 spiro atoms. The van der Waals surface area contributed by atoms with E-state index in [-0.39, 0.29) is 11.8 Å². The Kier molecular flexibility index (Phi) is 7.73. The van der Waals surface area contributed by atoms with Gasteiger partial charge in [-0.2, -0.15) is 13.2 Å². The molecule has 2 aliphatic rings. The number of hydrogen-bond acceptors (Lipinski definition) is 2. The highest BCUT2D eigenvalue weighted by molar-refractivity contribution is 5.83. The largest absolute Gasteiger partial charge is 0.449 e. The Labute approximate surface area is 207 Å². The van der Waals surface area contributed by atoms with Crippen molar-refractivity contribution >= 4 is 11.5 Å². The topological polar surface area (TPSA) is 20.3 Å². The molecule has 1 unspecified atom stereocenters. The van der Waals surface area contributed by atoms with Crippen LogP contribution in [-0.2, 0) is 16.6 Å². The number of nitrogens with zero attached hydrogens (tertiary/aromatic N) is 1. The lowest BCUT2D eigenvalue weighted by Gasteiger charge is -2.45. The number of Topliss-reactive ketones (excluding diaryl/α,β-unsaturated/α-hetero) is 1. The highest BCUT2D eigenvalue weighted by atomic mass is 19.4. The number of carbonyl (C=O) groups excluding carboxylic acids is 1. The molecule has 5 heteroatoms. The van der Waals surface area contributed by atoms with Gasteiger partial charge in [0.2, 0.25) is 5.78 Å². The molecule has 35 heavy (non-hydrogen) atoms. The van der Waals surface area contributed by atoms with Crippen LogP contribution in [-0.4, -0.2) is 24.5 Å². The molecular formula is C30H36F3NO. The zero-order chi connectivity index (χ0) is 25.1. The van der Waals surface area contributed by atoms with Gasteiger partial charge in [-0.3, -0.25) is 4.79 Å². The predicted molar refractivity (Wildman–Crippen MR) is 136 cm³/mol. The number of hydrogen-bond donors (Lipinski definition) is 0. The van der Waals surface area contributed by atoms with Gasteiger partial charge in [-0.1, -0.05) is 73.0 Å². The lowest BCUT2D eigenvalue weighted by molar-refractivity contribution is -0.171. The van der Waals surface area contributed by atoms with Crippen molar-refractivity contribution < 1.29 is 18.0 Å². The normalized spacial score (nSPS) is 21.7. The van der Waals surface area contributed by atoms with E-state index in [0.29, 0.717) is 12.5 Å². The molecule has 1 aliphatic heterocycles. The Morgan fingerprint density at radius 1 is 1.09 bits per heavy atom. The van der Waals surface area contributed by atoms with Gasteiger partial charge >= 0.3 is 6.18 Å². The van der Waals surface area contributed by atoms with E-state index in [4.69, 9.17) is 0 Å². The molecule has 2 aromatic rings. The minimum atomic E-state index is -4.72. The maximum absolute atomic E-state index is 12.6. The molecule has 0 N–H and O–H groups in total. The van der Waals surface area contributed by atoms with Crippen LogP contribution >= 0.6 is 0 Å². The number of aryl methyl sites for hydroxylation is 2. The van der Waals surface area contributed by atoms with Crippen molar-refractivity contribution in [3.63, 3.8) is 0 Å². The van der Waals surface area contributed by atoms with E-state index in [0.717, 1.165) is 51.5 Å². The molecule has 1 heterocycles. The van der Waals surface area contributed by atoms with Crippen molar-refractivity contribution in [2.24, 2.45) is 0 Å². The van der Waals surface area contributed by atoms with Gasteiger partial charge in [0.15, 0.2) is 0 Å². The van der Waals surface area contributed by atoms with Crippen molar-refractivity contribution in [3.05, 3.63) is 77.4 Å². The van der Waals surface area contributed by atoms with Crippen molar-refractivity contribution in [2.45, 2.75) is 88.8 Å². The van der Waals surface area contributed by atoms with Gasteiger partial charge < -0.3 is 4.90 Å². The zero-order valence-corrected chi connectivity index (χ0v) is 20.7. The summed E-state index contributed by atoms with van der Waals surface area (Å²) in [6.07, 6.45) is 2.76. The lowest BCUT2D eigenvalue weighted by Crippen LogP contribution is -2.48. The number of benzene rings is 2. The van der Waals surface area contributed by atoms with E-state index < -0.39 is 18.4 Å². The summed E-state index contributed by atoms with van der Waals surface area (Å²) in [6.45, 7) is 7.65. The van der Waals surface area contributed by atoms with Crippen LogP contribution in [0.25, 0.3) is 0 Å². The molecule has 4 rings (SSSR count). The van der Waals surface area contributed by atoms with E-state index >= 15 is 0 Å². The summed E-state index contributed by atoms with van der Waals surface area (Å²) in [4.78, 5) is 13.9. The van der Waals surface area contributed by atoms with Crippen molar-refractivity contribution in [1.29, 1.82) is 0 Å². The highest BCUT2D eigenvalue weighted by Gasteiger charge is 2.53. The molecule has 0 aromatic heterocycles. The molecule has 2 nitrogen and oxygen atoms in total. The summed E-state index contributed by atoms with van der Waals surface area (Å²) in [6, 6.07) is 17.7. The Balaban J connectivity index is 1.50. The molecule has 1 saturated carbocycles. The van der Waals surface area contributed by atoms with Crippen LogP contribution in [0.15, 0.2) is 60.7 Å². The van der Waals surface area contributed by atoms with E-state index in [2.05, 4.69) is 60.9 Å². The molecule has 2 atom stereocenters.